The molecule has 0 radical (unpaired) electrons. The SMILES string of the molecule is C=CCCC1CCC(c2ccc(-c3ccc(C4CCC(C(=O)OC)CC4)cc3)cc2)CC1. The first-order valence-corrected chi connectivity index (χ1v) is 12.6. The summed E-state index contributed by atoms with van der Waals surface area (Å²) in [4.78, 5) is 11.8. The number of benzene rings is 2. The highest BCUT2D eigenvalue weighted by molar-refractivity contribution is 5.72. The molecule has 0 N–H and O–H groups in total. The fraction of sp³-hybridized carbons (Fsp3) is 0.500. The van der Waals surface area contributed by atoms with E-state index in [1.54, 1.807) is 0 Å². The number of hydrogen-bond acceptors (Lipinski definition) is 2. The smallest absolute Gasteiger partial charge is 0.308 e. The van der Waals surface area contributed by atoms with Crippen LogP contribution in [0, 0.1) is 11.8 Å². The fourth-order valence-electron chi connectivity index (χ4n) is 5.86. The van der Waals surface area contributed by atoms with Gasteiger partial charge in [-0.1, -0.05) is 54.6 Å². The standard InChI is InChI=1S/C30H38O2/c1-3-4-5-22-6-8-23(9-7-22)24-10-12-25(13-11-24)26-14-16-27(17-15-26)28-18-20-29(21-19-28)30(31)32-2/h3,10-17,22-23,28-29H,1,4-9,18-21H2,2H3. The van der Waals surface area contributed by atoms with Gasteiger partial charge in [0.2, 0.25) is 0 Å². The van der Waals surface area contributed by atoms with Gasteiger partial charge in [0.15, 0.2) is 0 Å². The van der Waals surface area contributed by atoms with Gasteiger partial charge in [0.25, 0.3) is 0 Å². The van der Waals surface area contributed by atoms with Gasteiger partial charge in [0.05, 0.1) is 13.0 Å². The zero-order chi connectivity index (χ0) is 22.3. The lowest BCUT2D eigenvalue weighted by molar-refractivity contribution is -0.146. The summed E-state index contributed by atoms with van der Waals surface area (Å²) in [6, 6.07) is 18.4. The summed E-state index contributed by atoms with van der Waals surface area (Å²) in [5.41, 5.74) is 5.50. The average molecular weight is 431 g/mol. The van der Waals surface area contributed by atoms with Crippen molar-refractivity contribution in [3.63, 3.8) is 0 Å². The van der Waals surface area contributed by atoms with Crippen molar-refractivity contribution in [1.29, 1.82) is 0 Å². The van der Waals surface area contributed by atoms with Gasteiger partial charge in [-0.2, -0.15) is 0 Å². The lowest BCUT2D eigenvalue weighted by atomic mass is 9.77. The van der Waals surface area contributed by atoms with E-state index < -0.39 is 0 Å². The van der Waals surface area contributed by atoms with E-state index in [-0.39, 0.29) is 11.9 Å². The zero-order valence-electron chi connectivity index (χ0n) is 19.6. The molecule has 2 nitrogen and oxygen atoms in total. The zero-order valence-corrected chi connectivity index (χ0v) is 19.6. The Bertz CT molecular complexity index is 864. The molecule has 0 heterocycles. The third-order valence-electron chi connectivity index (χ3n) is 7.99. The van der Waals surface area contributed by atoms with Gasteiger partial charge in [0.1, 0.15) is 0 Å². The molecule has 170 valence electrons. The molecular weight excluding hydrogens is 392 g/mol. The van der Waals surface area contributed by atoms with E-state index in [2.05, 4.69) is 61.2 Å². The summed E-state index contributed by atoms with van der Waals surface area (Å²) < 4.78 is 4.92. The van der Waals surface area contributed by atoms with Gasteiger partial charge in [-0.15, -0.1) is 6.58 Å². The average Bonchev–Trinajstić information content (AvgIpc) is 2.87. The summed E-state index contributed by atoms with van der Waals surface area (Å²) in [5, 5.41) is 0. The largest absolute Gasteiger partial charge is 0.469 e. The van der Waals surface area contributed by atoms with E-state index in [9.17, 15) is 4.79 Å². The van der Waals surface area contributed by atoms with Crippen molar-refractivity contribution in [3.05, 3.63) is 72.3 Å². The molecule has 32 heavy (non-hydrogen) atoms. The monoisotopic (exact) mass is 430 g/mol. The Morgan fingerprint density at radius 2 is 1.28 bits per heavy atom. The van der Waals surface area contributed by atoms with Crippen molar-refractivity contribution in [1.82, 2.24) is 0 Å². The molecular formula is C30H38O2. The van der Waals surface area contributed by atoms with Crippen molar-refractivity contribution in [2.45, 2.75) is 76.0 Å². The molecule has 0 saturated heterocycles. The first kappa shape index (κ1) is 22.8. The first-order valence-electron chi connectivity index (χ1n) is 12.6. The summed E-state index contributed by atoms with van der Waals surface area (Å²) >= 11 is 0. The predicted octanol–water partition coefficient (Wildman–Crippen LogP) is 8.04. The van der Waals surface area contributed by atoms with Gasteiger partial charge in [-0.3, -0.25) is 4.79 Å². The number of hydrogen-bond donors (Lipinski definition) is 0. The lowest BCUT2D eigenvalue weighted by Crippen LogP contribution is -2.22. The number of carbonyl (C=O) groups is 1. The van der Waals surface area contributed by atoms with Gasteiger partial charge in [-0.05, 0) is 104 Å². The van der Waals surface area contributed by atoms with Gasteiger partial charge < -0.3 is 4.74 Å². The maximum atomic E-state index is 11.8. The van der Waals surface area contributed by atoms with E-state index in [1.807, 2.05) is 0 Å². The molecule has 0 atom stereocenters. The second-order valence-corrected chi connectivity index (χ2v) is 9.90. The lowest BCUT2D eigenvalue weighted by Gasteiger charge is -2.28. The van der Waals surface area contributed by atoms with Crippen LogP contribution in [-0.4, -0.2) is 13.1 Å². The van der Waals surface area contributed by atoms with E-state index in [1.165, 1.54) is 61.5 Å². The van der Waals surface area contributed by atoms with Crippen LogP contribution in [0.15, 0.2) is 61.2 Å². The van der Waals surface area contributed by atoms with Crippen molar-refractivity contribution >= 4 is 5.97 Å². The third kappa shape index (κ3) is 5.52. The van der Waals surface area contributed by atoms with E-state index in [0.717, 1.165) is 43.9 Å². The number of ether oxygens (including phenoxy) is 1. The van der Waals surface area contributed by atoms with Gasteiger partial charge in [-0.25, -0.2) is 0 Å². The Morgan fingerprint density at radius 3 is 1.72 bits per heavy atom. The highest BCUT2D eigenvalue weighted by Gasteiger charge is 2.27. The normalized spacial score (nSPS) is 25.8. The Morgan fingerprint density at radius 1 is 0.812 bits per heavy atom. The molecule has 2 heteroatoms. The molecule has 0 unspecified atom stereocenters. The van der Waals surface area contributed by atoms with Gasteiger partial charge >= 0.3 is 5.97 Å². The minimum absolute atomic E-state index is 0.0389. The number of methoxy groups -OCH3 is 1. The molecule has 0 amide bonds. The molecule has 0 aliphatic heterocycles. The quantitative estimate of drug-likeness (QED) is 0.328. The van der Waals surface area contributed by atoms with Gasteiger partial charge in [0, 0.05) is 0 Å². The molecule has 0 bridgehead atoms. The Hall–Kier alpha value is -2.35. The van der Waals surface area contributed by atoms with Crippen LogP contribution in [0.25, 0.3) is 11.1 Å². The molecule has 2 aliphatic carbocycles. The minimum Gasteiger partial charge on any atom is -0.469 e. The number of rotatable bonds is 7. The van der Waals surface area contributed by atoms with Crippen molar-refractivity contribution in [3.8, 4) is 11.1 Å². The van der Waals surface area contributed by atoms with Crippen LogP contribution in [0.1, 0.15) is 87.2 Å². The molecule has 0 aromatic heterocycles. The van der Waals surface area contributed by atoms with Crippen LogP contribution in [0.5, 0.6) is 0 Å². The van der Waals surface area contributed by atoms with Crippen LogP contribution in [0.2, 0.25) is 0 Å². The Labute approximate surface area is 194 Å². The number of allylic oxidation sites excluding steroid dienone is 1. The first-order chi connectivity index (χ1) is 15.7. The summed E-state index contributed by atoms with van der Waals surface area (Å²) in [6.45, 7) is 3.87. The minimum atomic E-state index is -0.0389. The highest BCUT2D eigenvalue weighted by atomic mass is 16.5. The summed E-state index contributed by atoms with van der Waals surface area (Å²) in [5.74, 6) is 2.25. The van der Waals surface area contributed by atoms with Crippen LogP contribution in [0.3, 0.4) is 0 Å². The van der Waals surface area contributed by atoms with Crippen molar-refractivity contribution < 1.29 is 9.53 Å². The molecule has 2 aliphatic rings. The van der Waals surface area contributed by atoms with Crippen molar-refractivity contribution in [2.24, 2.45) is 11.8 Å². The number of carbonyl (C=O) groups excluding carboxylic acids is 1. The predicted molar refractivity (Wildman–Crippen MR) is 133 cm³/mol. The van der Waals surface area contributed by atoms with E-state index in [0.29, 0.717) is 5.92 Å². The fourth-order valence-corrected chi connectivity index (χ4v) is 5.86. The highest BCUT2D eigenvalue weighted by Crippen LogP contribution is 2.39. The molecule has 0 spiro atoms. The topological polar surface area (TPSA) is 26.3 Å². The Balaban J connectivity index is 1.32. The van der Waals surface area contributed by atoms with Crippen LogP contribution < -0.4 is 0 Å². The van der Waals surface area contributed by atoms with Crippen molar-refractivity contribution in [2.75, 3.05) is 7.11 Å². The molecule has 2 aromatic rings. The maximum Gasteiger partial charge on any atom is 0.308 e. The summed E-state index contributed by atoms with van der Waals surface area (Å²) in [6.07, 6.45) is 14.0. The molecule has 2 saturated carbocycles. The maximum absolute atomic E-state index is 11.8. The Kier molecular flexibility index (Phi) is 7.84. The third-order valence-corrected chi connectivity index (χ3v) is 7.99. The second-order valence-electron chi connectivity index (χ2n) is 9.90. The van der Waals surface area contributed by atoms with Crippen LogP contribution in [0.4, 0.5) is 0 Å². The van der Waals surface area contributed by atoms with E-state index >= 15 is 0 Å². The number of esters is 1. The van der Waals surface area contributed by atoms with Crippen LogP contribution in [-0.2, 0) is 9.53 Å². The molecule has 4 rings (SSSR count). The van der Waals surface area contributed by atoms with E-state index in [4.69, 9.17) is 4.74 Å². The molecule has 2 fully saturated rings. The molecule has 2 aromatic carbocycles. The van der Waals surface area contributed by atoms with Crippen LogP contribution >= 0.6 is 0 Å². The second kappa shape index (κ2) is 11.0. The summed E-state index contributed by atoms with van der Waals surface area (Å²) in [7, 11) is 1.50.